The van der Waals surface area contributed by atoms with E-state index in [4.69, 9.17) is 4.74 Å². The Hall–Kier alpha value is -2.31. The normalized spacial score (nSPS) is 22.0. The number of carbonyl (C=O) groups excluding carboxylic acids is 2. The summed E-state index contributed by atoms with van der Waals surface area (Å²) in [7, 11) is 0. The van der Waals surface area contributed by atoms with Crippen molar-refractivity contribution in [3.05, 3.63) is 30.9 Å². The van der Waals surface area contributed by atoms with Gasteiger partial charge in [-0.2, -0.15) is 0 Å². The predicted octanol–water partition coefficient (Wildman–Crippen LogP) is 1.26. The summed E-state index contributed by atoms with van der Waals surface area (Å²) < 4.78 is 19.3. The molecule has 0 aromatic heterocycles. The fourth-order valence-electron chi connectivity index (χ4n) is 2.72. The van der Waals surface area contributed by atoms with Crippen LogP contribution in [0.15, 0.2) is 18.2 Å². The molecular formula is C15H17FN3O3. The van der Waals surface area contributed by atoms with Crippen molar-refractivity contribution >= 4 is 23.9 Å². The molecule has 6 nitrogen and oxygen atoms in total. The van der Waals surface area contributed by atoms with E-state index in [2.05, 4.69) is 6.92 Å². The molecule has 2 amide bonds. The standard InChI is InChI=1S/C15H17FN3O3/c1-11-9-19(15(21)22-11)12-2-3-14(13(16)8-12)18-6-4-17(10-20)5-7-18/h2-3,8,10-11H,1,4-7,9H2. The molecule has 2 aliphatic rings. The lowest BCUT2D eigenvalue weighted by Gasteiger charge is -2.34. The lowest BCUT2D eigenvalue weighted by Crippen LogP contribution is -2.46. The van der Waals surface area contributed by atoms with Crippen LogP contribution in [0.5, 0.6) is 0 Å². The van der Waals surface area contributed by atoms with Crippen LogP contribution in [0.2, 0.25) is 0 Å². The summed E-state index contributed by atoms with van der Waals surface area (Å²) >= 11 is 0. The molecule has 1 radical (unpaired) electrons. The summed E-state index contributed by atoms with van der Waals surface area (Å²) in [5, 5.41) is 0. The Morgan fingerprint density at radius 3 is 2.55 bits per heavy atom. The first kappa shape index (κ1) is 14.6. The third-order valence-corrected chi connectivity index (χ3v) is 3.92. The third-order valence-electron chi connectivity index (χ3n) is 3.92. The molecular weight excluding hydrogens is 289 g/mol. The van der Waals surface area contributed by atoms with E-state index >= 15 is 0 Å². The van der Waals surface area contributed by atoms with Crippen molar-refractivity contribution in [3.8, 4) is 0 Å². The SMILES string of the molecule is [CH2]C1CN(c2ccc(N3CCN(C=O)CC3)c(F)c2)C(=O)O1. The van der Waals surface area contributed by atoms with Crippen LogP contribution >= 0.6 is 0 Å². The summed E-state index contributed by atoms with van der Waals surface area (Å²) in [6.45, 7) is 6.31. The van der Waals surface area contributed by atoms with Gasteiger partial charge in [-0.3, -0.25) is 9.69 Å². The molecule has 2 fully saturated rings. The number of carbonyl (C=O) groups is 2. The second-order valence-corrected chi connectivity index (χ2v) is 5.38. The maximum Gasteiger partial charge on any atom is 0.414 e. The number of cyclic esters (lactones) is 1. The molecule has 7 heteroatoms. The van der Waals surface area contributed by atoms with Gasteiger partial charge in [-0.1, -0.05) is 0 Å². The zero-order chi connectivity index (χ0) is 15.7. The fourth-order valence-corrected chi connectivity index (χ4v) is 2.72. The van der Waals surface area contributed by atoms with Crippen LogP contribution in [0.1, 0.15) is 0 Å². The summed E-state index contributed by atoms with van der Waals surface area (Å²) in [6, 6.07) is 4.69. The molecule has 22 heavy (non-hydrogen) atoms. The average molecular weight is 306 g/mol. The number of ether oxygens (including phenoxy) is 1. The summed E-state index contributed by atoms with van der Waals surface area (Å²) in [5.74, 6) is -0.391. The van der Waals surface area contributed by atoms with Gasteiger partial charge in [-0.25, -0.2) is 9.18 Å². The second-order valence-electron chi connectivity index (χ2n) is 5.38. The fraction of sp³-hybridized carbons (Fsp3) is 0.400. The molecule has 2 heterocycles. The minimum absolute atomic E-state index is 0.315. The van der Waals surface area contributed by atoms with E-state index in [1.165, 1.54) is 11.0 Å². The molecule has 2 saturated heterocycles. The molecule has 1 aromatic carbocycles. The van der Waals surface area contributed by atoms with Gasteiger partial charge in [-0.05, 0) is 25.1 Å². The first-order valence-corrected chi connectivity index (χ1v) is 7.13. The monoisotopic (exact) mass is 306 g/mol. The Balaban J connectivity index is 1.75. The number of piperazine rings is 1. The number of anilines is 2. The molecule has 1 aromatic rings. The minimum Gasteiger partial charge on any atom is -0.444 e. The van der Waals surface area contributed by atoms with E-state index in [0.717, 1.165) is 6.41 Å². The van der Waals surface area contributed by atoms with E-state index < -0.39 is 18.0 Å². The summed E-state index contributed by atoms with van der Waals surface area (Å²) in [4.78, 5) is 27.3. The number of rotatable bonds is 3. The van der Waals surface area contributed by atoms with E-state index in [-0.39, 0.29) is 0 Å². The van der Waals surface area contributed by atoms with Gasteiger partial charge in [0.25, 0.3) is 0 Å². The molecule has 0 saturated carbocycles. The first-order valence-electron chi connectivity index (χ1n) is 7.13. The Morgan fingerprint density at radius 2 is 2.00 bits per heavy atom. The van der Waals surface area contributed by atoms with Crippen molar-refractivity contribution in [3.63, 3.8) is 0 Å². The molecule has 117 valence electrons. The molecule has 0 aliphatic carbocycles. The van der Waals surface area contributed by atoms with Gasteiger partial charge in [-0.15, -0.1) is 0 Å². The molecule has 0 N–H and O–H groups in total. The Labute approximate surface area is 128 Å². The average Bonchev–Trinajstić information content (AvgIpc) is 2.86. The van der Waals surface area contributed by atoms with Gasteiger partial charge in [0.2, 0.25) is 6.41 Å². The Bertz CT molecular complexity index is 587. The molecule has 0 bridgehead atoms. The summed E-state index contributed by atoms with van der Waals surface area (Å²) in [6.07, 6.45) is -0.135. The number of benzene rings is 1. The van der Waals surface area contributed by atoms with Gasteiger partial charge in [0.1, 0.15) is 11.9 Å². The molecule has 2 aliphatic heterocycles. The Morgan fingerprint density at radius 1 is 1.27 bits per heavy atom. The lowest BCUT2D eigenvalue weighted by molar-refractivity contribution is -0.118. The smallest absolute Gasteiger partial charge is 0.414 e. The van der Waals surface area contributed by atoms with Gasteiger partial charge in [0.15, 0.2) is 0 Å². The zero-order valence-electron chi connectivity index (χ0n) is 12.1. The van der Waals surface area contributed by atoms with Crippen LogP contribution in [-0.2, 0) is 9.53 Å². The van der Waals surface area contributed by atoms with Gasteiger partial charge in [0.05, 0.1) is 17.9 Å². The van der Waals surface area contributed by atoms with Crippen LogP contribution in [0.4, 0.5) is 20.6 Å². The van der Waals surface area contributed by atoms with Crippen molar-refractivity contribution in [2.75, 3.05) is 42.5 Å². The number of amides is 2. The van der Waals surface area contributed by atoms with E-state index in [0.29, 0.717) is 44.1 Å². The van der Waals surface area contributed by atoms with E-state index in [1.807, 2.05) is 4.90 Å². The first-order chi connectivity index (χ1) is 10.6. The van der Waals surface area contributed by atoms with Gasteiger partial charge in [0, 0.05) is 26.2 Å². The van der Waals surface area contributed by atoms with Crippen LogP contribution in [0.3, 0.4) is 0 Å². The highest BCUT2D eigenvalue weighted by molar-refractivity contribution is 5.90. The largest absolute Gasteiger partial charge is 0.444 e. The lowest BCUT2D eigenvalue weighted by atomic mass is 10.2. The molecule has 1 unspecified atom stereocenters. The molecule has 0 spiro atoms. The van der Waals surface area contributed by atoms with Crippen molar-refractivity contribution in [1.29, 1.82) is 0 Å². The van der Waals surface area contributed by atoms with E-state index in [9.17, 15) is 14.0 Å². The van der Waals surface area contributed by atoms with Crippen LogP contribution in [-0.4, -0.2) is 56.2 Å². The van der Waals surface area contributed by atoms with Gasteiger partial charge < -0.3 is 14.5 Å². The molecule has 1 atom stereocenters. The maximum absolute atomic E-state index is 14.4. The highest BCUT2D eigenvalue weighted by atomic mass is 19.1. The highest BCUT2D eigenvalue weighted by Crippen LogP contribution is 2.28. The topological polar surface area (TPSA) is 53.1 Å². The second kappa shape index (κ2) is 5.82. The number of hydrogen-bond acceptors (Lipinski definition) is 4. The van der Waals surface area contributed by atoms with Crippen LogP contribution < -0.4 is 9.80 Å². The molecule has 3 rings (SSSR count). The van der Waals surface area contributed by atoms with Crippen molar-refractivity contribution < 1.29 is 18.7 Å². The number of hydrogen-bond donors (Lipinski definition) is 0. The number of nitrogens with zero attached hydrogens (tertiary/aromatic N) is 3. The highest BCUT2D eigenvalue weighted by Gasteiger charge is 2.30. The quantitative estimate of drug-likeness (QED) is 0.789. The Kier molecular flexibility index (Phi) is 3.87. The zero-order valence-corrected chi connectivity index (χ0v) is 12.1. The summed E-state index contributed by atoms with van der Waals surface area (Å²) in [5.41, 5.74) is 0.942. The predicted molar refractivity (Wildman–Crippen MR) is 79.2 cm³/mol. The van der Waals surface area contributed by atoms with Crippen LogP contribution in [0, 0.1) is 12.7 Å². The van der Waals surface area contributed by atoms with Gasteiger partial charge >= 0.3 is 6.09 Å². The van der Waals surface area contributed by atoms with Crippen molar-refractivity contribution in [2.45, 2.75) is 6.10 Å². The van der Waals surface area contributed by atoms with Crippen molar-refractivity contribution in [2.24, 2.45) is 0 Å². The number of halogens is 1. The minimum atomic E-state index is -0.508. The van der Waals surface area contributed by atoms with E-state index in [1.54, 1.807) is 17.0 Å². The maximum atomic E-state index is 14.4. The van der Waals surface area contributed by atoms with Crippen molar-refractivity contribution in [1.82, 2.24) is 4.90 Å². The van der Waals surface area contributed by atoms with Crippen LogP contribution in [0.25, 0.3) is 0 Å². The third kappa shape index (κ3) is 2.70.